The topological polar surface area (TPSA) is 307 Å². The molecule has 19 nitrogen and oxygen atoms in total. The Balaban J connectivity index is 1.52. The molecule has 17 unspecified atom stereocenters. The summed E-state index contributed by atoms with van der Waals surface area (Å²) in [4.78, 5) is 13.3. The van der Waals surface area contributed by atoms with Crippen molar-refractivity contribution in [2.45, 2.75) is 291 Å². The molecule has 3 rings (SSSR count). The minimum absolute atomic E-state index is 0.253. The van der Waals surface area contributed by atoms with Crippen LogP contribution >= 0.6 is 0 Å². The molecule has 0 radical (unpaired) electrons. The zero-order valence-electron chi connectivity index (χ0n) is 43.7. The Bertz CT molecular complexity index is 1380. The first-order chi connectivity index (χ1) is 34.8. The number of carbonyl (C=O) groups excluding carboxylic acids is 1. The van der Waals surface area contributed by atoms with Crippen LogP contribution in [0.5, 0.6) is 0 Å². The normalized spacial score (nSPS) is 32.0. The first kappa shape index (κ1) is 64.8. The number of aliphatic hydroxyl groups excluding tert-OH is 11. The number of nitrogens with one attached hydrogen (secondary N) is 1. The Morgan fingerprint density at radius 2 is 0.875 bits per heavy atom. The molecule has 0 aromatic rings. The molecule has 0 aromatic carbocycles. The van der Waals surface area contributed by atoms with Gasteiger partial charge in [0, 0.05) is 6.42 Å². The number of allylic oxidation sites excluding steroid dienone is 2. The van der Waals surface area contributed by atoms with E-state index in [9.17, 15) is 61.0 Å². The van der Waals surface area contributed by atoms with Gasteiger partial charge in [-0.1, -0.05) is 154 Å². The smallest absolute Gasteiger partial charge is 0.220 e. The summed E-state index contributed by atoms with van der Waals surface area (Å²) in [6, 6.07) is -0.885. The number of carbonyl (C=O) groups is 1. The maximum Gasteiger partial charge on any atom is 0.220 e. The van der Waals surface area contributed by atoms with Crippen LogP contribution in [0.4, 0.5) is 0 Å². The second-order valence-electron chi connectivity index (χ2n) is 20.4. The Morgan fingerprint density at radius 1 is 0.486 bits per heavy atom. The second kappa shape index (κ2) is 38.1. The lowest BCUT2D eigenvalue weighted by molar-refractivity contribution is -0.379. The minimum Gasteiger partial charge on any atom is -0.394 e. The molecule has 0 aliphatic carbocycles. The highest BCUT2D eigenvalue weighted by atomic mass is 16.8. The predicted molar refractivity (Wildman–Crippen MR) is 268 cm³/mol. The molecule has 0 spiro atoms. The Kier molecular flexibility index (Phi) is 34.3. The molecule has 3 fully saturated rings. The summed E-state index contributed by atoms with van der Waals surface area (Å²) in [6.45, 7) is 1.75. The van der Waals surface area contributed by atoms with Gasteiger partial charge in [0.2, 0.25) is 5.91 Å². The van der Waals surface area contributed by atoms with Crippen molar-refractivity contribution in [2.75, 3.05) is 26.4 Å². The SMILES string of the molecule is CCCCCCCCC/C=C\CCCCCCCC(=O)NC(COC1OC(CO)C(OC2OC(CO)C(OC3OC(CO)C(O)C(O)C3O)C(O)C2O)C(O)C1O)C(O)CCCCCCCCCCCCC. The Hall–Kier alpha value is -1.47. The number of unbranched alkanes of at least 4 members (excludes halogenated alkanes) is 22. The summed E-state index contributed by atoms with van der Waals surface area (Å²) in [7, 11) is 0. The molecule has 424 valence electrons. The summed E-state index contributed by atoms with van der Waals surface area (Å²) < 4.78 is 34.2. The van der Waals surface area contributed by atoms with E-state index in [0.717, 1.165) is 64.2 Å². The minimum atomic E-state index is -1.97. The number of hydrogen-bond donors (Lipinski definition) is 12. The van der Waals surface area contributed by atoms with Crippen LogP contribution in [0.25, 0.3) is 0 Å². The van der Waals surface area contributed by atoms with Crippen LogP contribution in [0, 0.1) is 0 Å². The Labute approximate surface area is 429 Å². The molecule has 0 saturated carbocycles. The van der Waals surface area contributed by atoms with E-state index in [1.165, 1.54) is 89.9 Å². The molecule has 0 bridgehead atoms. The lowest BCUT2D eigenvalue weighted by Crippen LogP contribution is -2.66. The highest BCUT2D eigenvalue weighted by molar-refractivity contribution is 5.76. The van der Waals surface area contributed by atoms with E-state index in [1.54, 1.807) is 0 Å². The molecular weight excluding hydrogens is 939 g/mol. The van der Waals surface area contributed by atoms with Gasteiger partial charge in [0.15, 0.2) is 18.9 Å². The first-order valence-corrected chi connectivity index (χ1v) is 27.9. The summed E-state index contributed by atoms with van der Waals surface area (Å²) >= 11 is 0. The van der Waals surface area contributed by atoms with Crippen molar-refractivity contribution in [2.24, 2.45) is 0 Å². The van der Waals surface area contributed by atoms with Crippen LogP contribution in [0.1, 0.15) is 187 Å². The van der Waals surface area contributed by atoms with Crippen LogP contribution < -0.4 is 5.32 Å². The van der Waals surface area contributed by atoms with Crippen molar-refractivity contribution in [3.05, 3.63) is 12.2 Å². The van der Waals surface area contributed by atoms with Gasteiger partial charge in [-0.2, -0.15) is 0 Å². The number of amides is 1. The van der Waals surface area contributed by atoms with Gasteiger partial charge >= 0.3 is 0 Å². The van der Waals surface area contributed by atoms with Crippen LogP contribution in [-0.2, 0) is 33.2 Å². The molecule has 19 heteroatoms. The average Bonchev–Trinajstić information content (AvgIpc) is 3.37. The van der Waals surface area contributed by atoms with Crippen LogP contribution in [0.3, 0.4) is 0 Å². The van der Waals surface area contributed by atoms with Gasteiger partial charge in [0.1, 0.15) is 73.2 Å². The van der Waals surface area contributed by atoms with E-state index in [0.29, 0.717) is 12.8 Å². The molecule has 3 aliphatic rings. The van der Waals surface area contributed by atoms with Crippen LogP contribution in [0.2, 0.25) is 0 Å². The van der Waals surface area contributed by atoms with Gasteiger partial charge in [-0.3, -0.25) is 4.79 Å². The summed E-state index contributed by atoms with van der Waals surface area (Å²) in [5.41, 5.74) is 0. The van der Waals surface area contributed by atoms with Gasteiger partial charge in [-0.05, 0) is 38.5 Å². The van der Waals surface area contributed by atoms with E-state index in [4.69, 9.17) is 28.4 Å². The van der Waals surface area contributed by atoms with E-state index in [2.05, 4.69) is 31.3 Å². The zero-order chi connectivity index (χ0) is 52.7. The molecule has 72 heavy (non-hydrogen) atoms. The highest BCUT2D eigenvalue weighted by Gasteiger charge is 2.53. The summed E-state index contributed by atoms with van der Waals surface area (Å²) in [5, 5.41) is 120. The third-order valence-corrected chi connectivity index (χ3v) is 14.3. The van der Waals surface area contributed by atoms with Crippen molar-refractivity contribution in [3.8, 4) is 0 Å². The quantitative estimate of drug-likeness (QED) is 0.0309. The standard InChI is InChI=1S/C53H99NO18/c1-3-5-7-9-11-13-15-16-17-18-19-21-23-25-27-29-31-41(59)54-36(37(58)30-28-26-24-22-20-14-12-10-8-6-4-2)35-67-51-47(65)44(62)49(39(33-56)69-51)72-53-48(66)45(63)50(40(34-57)70-53)71-52-46(64)43(61)42(60)38(32-55)68-52/h17-18,36-40,42-53,55-58,60-66H,3-16,19-35H2,1-2H3,(H,54,59)/b18-17-. The highest BCUT2D eigenvalue weighted by Crippen LogP contribution is 2.33. The number of aliphatic hydroxyl groups is 11. The fraction of sp³-hybridized carbons (Fsp3) is 0.943. The fourth-order valence-corrected chi connectivity index (χ4v) is 9.66. The molecule has 0 aromatic heterocycles. The predicted octanol–water partition coefficient (Wildman–Crippen LogP) is 3.43. The van der Waals surface area contributed by atoms with Crippen LogP contribution in [0.15, 0.2) is 12.2 Å². The first-order valence-electron chi connectivity index (χ1n) is 27.9. The fourth-order valence-electron chi connectivity index (χ4n) is 9.66. The molecule has 17 atom stereocenters. The molecule has 1 amide bonds. The van der Waals surface area contributed by atoms with Gasteiger partial charge in [0.25, 0.3) is 0 Å². The molecule has 3 aliphatic heterocycles. The average molecular weight is 1040 g/mol. The van der Waals surface area contributed by atoms with Gasteiger partial charge in [0.05, 0.1) is 38.6 Å². The van der Waals surface area contributed by atoms with E-state index >= 15 is 0 Å². The van der Waals surface area contributed by atoms with E-state index in [-0.39, 0.29) is 18.9 Å². The second-order valence-corrected chi connectivity index (χ2v) is 20.4. The third-order valence-electron chi connectivity index (χ3n) is 14.3. The summed E-state index contributed by atoms with van der Waals surface area (Å²) in [5.74, 6) is -0.253. The maximum absolute atomic E-state index is 13.3. The number of rotatable bonds is 40. The molecule has 3 saturated heterocycles. The lowest BCUT2D eigenvalue weighted by atomic mass is 9.96. The van der Waals surface area contributed by atoms with Crippen molar-refractivity contribution in [1.29, 1.82) is 0 Å². The van der Waals surface area contributed by atoms with Gasteiger partial charge in [-0.25, -0.2) is 0 Å². The van der Waals surface area contributed by atoms with Crippen molar-refractivity contribution >= 4 is 5.91 Å². The lowest BCUT2D eigenvalue weighted by Gasteiger charge is -2.48. The summed E-state index contributed by atoms with van der Waals surface area (Å²) in [6.07, 6.45) is 7.39. The van der Waals surface area contributed by atoms with Crippen LogP contribution in [-0.4, -0.2) is 193 Å². The number of ether oxygens (including phenoxy) is 6. The van der Waals surface area contributed by atoms with Crippen molar-refractivity contribution < 1.29 is 89.4 Å². The molecular formula is C53H99NO18. The molecule has 3 heterocycles. The van der Waals surface area contributed by atoms with Crippen molar-refractivity contribution in [3.63, 3.8) is 0 Å². The third kappa shape index (κ3) is 23.0. The maximum atomic E-state index is 13.3. The van der Waals surface area contributed by atoms with Gasteiger partial charge in [-0.15, -0.1) is 0 Å². The largest absolute Gasteiger partial charge is 0.394 e. The van der Waals surface area contributed by atoms with E-state index < -0.39 is 124 Å². The molecule has 12 N–H and O–H groups in total. The number of hydrogen-bond acceptors (Lipinski definition) is 18. The Morgan fingerprint density at radius 3 is 1.35 bits per heavy atom. The van der Waals surface area contributed by atoms with E-state index in [1.807, 2.05) is 0 Å². The van der Waals surface area contributed by atoms with Gasteiger partial charge < -0.3 is 89.9 Å². The monoisotopic (exact) mass is 1040 g/mol. The van der Waals surface area contributed by atoms with Crippen molar-refractivity contribution in [1.82, 2.24) is 5.32 Å². The zero-order valence-corrected chi connectivity index (χ0v) is 43.7.